The highest BCUT2D eigenvalue weighted by atomic mass is 79.9. The largest absolute Gasteiger partial charge is 0.383 e. The Hall–Kier alpha value is -1.82. The van der Waals surface area contributed by atoms with Crippen LogP contribution in [0.2, 0.25) is 0 Å². The molecule has 18 heavy (non-hydrogen) atoms. The molecule has 0 saturated heterocycles. The Bertz CT molecular complexity index is 606. The van der Waals surface area contributed by atoms with E-state index in [1.807, 2.05) is 25.1 Å². The van der Waals surface area contributed by atoms with E-state index in [0.29, 0.717) is 17.1 Å². The van der Waals surface area contributed by atoms with Crippen LogP contribution < -0.4 is 11.1 Å². The molecule has 1 aromatic carbocycles. The summed E-state index contributed by atoms with van der Waals surface area (Å²) in [4.78, 5) is 12.0. The zero-order chi connectivity index (χ0) is 13.3. The van der Waals surface area contributed by atoms with Crippen LogP contribution in [-0.2, 0) is 7.05 Å². The predicted molar refractivity (Wildman–Crippen MR) is 74.5 cm³/mol. The topological polar surface area (TPSA) is 72.9 Å². The van der Waals surface area contributed by atoms with E-state index in [2.05, 4.69) is 26.3 Å². The summed E-state index contributed by atoms with van der Waals surface area (Å²) in [6.45, 7) is 1.96. The molecule has 0 bridgehead atoms. The summed E-state index contributed by atoms with van der Waals surface area (Å²) in [6.07, 6.45) is 1.45. The molecule has 2 rings (SSSR count). The van der Waals surface area contributed by atoms with Crippen molar-refractivity contribution in [3.05, 3.63) is 40.0 Å². The molecule has 0 unspecified atom stereocenters. The van der Waals surface area contributed by atoms with Crippen molar-refractivity contribution in [3.8, 4) is 0 Å². The van der Waals surface area contributed by atoms with E-state index in [1.54, 1.807) is 7.05 Å². The molecular weight excluding hydrogens is 296 g/mol. The summed E-state index contributed by atoms with van der Waals surface area (Å²) in [5, 5.41) is 6.74. The monoisotopic (exact) mass is 308 g/mol. The molecule has 2 aromatic rings. The SMILES string of the molecule is Cc1ccc(Br)c(NC(=O)c2cnn(C)c2N)c1. The van der Waals surface area contributed by atoms with Crippen LogP contribution in [0.15, 0.2) is 28.9 Å². The molecule has 0 aliphatic carbocycles. The molecule has 1 aromatic heterocycles. The zero-order valence-corrected chi connectivity index (χ0v) is 11.7. The zero-order valence-electron chi connectivity index (χ0n) is 10.1. The highest BCUT2D eigenvalue weighted by Gasteiger charge is 2.14. The van der Waals surface area contributed by atoms with Gasteiger partial charge in [0.1, 0.15) is 11.4 Å². The molecule has 0 saturated carbocycles. The van der Waals surface area contributed by atoms with Gasteiger partial charge in [-0.2, -0.15) is 5.10 Å². The molecule has 5 nitrogen and oxygen atoms in total. The van der Waals surface area contributed by atoms with Gasteiger partial charge in [-0.05, 0) is 40.5 Å². The third-order valence-corrected chi connectivity index (χ3v) is 3.29. The summed E-state index contributed by atoms with van der Waals surface area (Å²) in [5.74, 6) is 0.0724. The van der Waals surface area contributed by atoms with E-state index in [-0.39, 0.29) is 5.91 Å². The molecule has 0 fully saturated rings. The van der Waals surface area contributed by atoms with Crippen LogP contribution in [0.5, 0.6) is 0 Å². The number of anilines is 2. The van der Waals surface area contributed by atoms with Crippen LogP contribution in [0.25, 0.3) is 0 Å². The Morgan fingerprint density at radius 2 is 2.22 bits per heavy atom. The minimum Gasteiger partial charge on any atom is -0.383 e. The first-order valence-electron chi connectivity index (χ1n) is 5.34. The molecule has 3 N–H and O–H groups in total. The first kappa shape index (κ1) is 12.6. The van der Waals surface area contributed by atoms with E-state index in [9.17, 15) is 4.79 Å². The summed E-state index contributed by atoms with van der Waals surface area (Å²) >= 11 is 3.39. The fourth-order valence-corrected chi connectivity index (χ4v) is 1.89. The van der Waals surface area contributed by atoms with E-state index in [4.69, 9.17) is 5.73 Å². The van der Waals surface area contributed by atoms with Gasteiger partial charge in [0.2, 0.25) is 0 Å². The Labute approximate surface area is 113 Å². The van der Waals surface area contributed by atoms with Gasteiger partial charge in [0, 0.05) is 11.5 Å². The molecule has 0 aliphatic heterocycles. The molecular formula is C12H13BrN4O. The van der Waals surface area contributed by atoms with Crippen molar-refractivity contribution in [2.24, 2.45) is 7.05 Å². The van der Waals surface area contributed by atoms with E-state index < -0.39 is 0 Å². The van der Waals surface area contributed by atoms with Gasteiger partial charge in [-0.3, -0.25) is 9.48 Å². The van der Waals surface area contributed by atoms with Crippen molar-refractivity contribution in [1.82, 2.24) is 9.78 Å². The lowest BCUT2D eigenvalue weighted by Crippen LogP contribution is -2.14. The minimum absolute atomic E-state index is 0.271. The number of nitrogens with one attached hydrogen (secondary N) is 1. The lowest BCUT2D eigenvalue weighted by atomic mass is 10.2. The standard InChI is InChI=1S/C12H13BrN4O/c1-7-3-4-9(13)10(5-7)16-12(18)8-6-15-17(2)11(8)14/h3-6H,14H2,1-2H3,(H,16,18). The number of carbonyl (C=O) groups excluding carboxylic acids is 1. The van der Waals surface area contributed by atoms with E-state index in [1.165, 1.54) is 10.9 Å². The number of benzene rings is 1. The molecule has 0 spiro atoms. The predicted octanol–water partition coefficient (Wildman–Crippen LogP) is 2.33. The first-order valence-corrected chi connectivity index (χ1v) is 6.13. The fourth-order valence-electron chi connectivity index (χ4n) is 1.55. The fraction of sp³-hybridized carbons (Fsp3) is 0.167. The van der Waals surface area contributed by atoms with Crippen LogP contribution in [0.1, 0.15) is 15.9 Å². The second-order valence-corrected chi connectivity index (χ2v) is 4.86. The van der Waals surface area contributed by atoms with Gasteiger partial charge in [-0.15, -0.1) is 0 Å². The van der Waals surface area contributed by atoms with Gasteiger partial charge >= 0.3 is 0 Å². The quantitative estimate of drug-likeness (QED) is 0.894. The number of nitrogens with zero attached hydrogens (tertiary/aromatic N) is 2. The maximum absolute atomic E-state index is 12.0. The number of nitrogen functional groups attached to an aromatic ring is 1. The summed E-state index contributed by atoms with van der Waals surface area (Å²) in [5.41, 5.74) is 7.89. The van der Waals surface area contributed by atoms with Crippen molar-refractivity contribution < 1.29 is 4.79 Å². The summed E-state index contributed by atoms with van der Waals surface area (Å²) in [6, 6.07) is 5.73. The lowest BCUT2D eigenvalue weighted by molar-refractivity contribution is 0.102. The van der Waals surface area contributed by atoms with Crippen LogP contribution in [0.4, 0.5) is 11.5 Å². The molecule has 0 atom stereocenters. The van der Waals surface area contributed by atoms with Crippen LogP contribution >= 0.6 is 15.9 Å². The average Bonchev–Trinajstić information content (AvgIpc) is 2.65. The number of aryl methyl sites for hydroxylation is 2. The molecule has 94 valence electrons. The Morgan fingerprint density at radius 3 is 2.83 bits per heavy atom. The Morgan fingerprint density at radius 1 is 1.50 bits per heavy atom. The second-order valence-electron chi connectivity index (χ2n) is 4.00. The molecule has 1 heterocycles. The van der Waals surface area contributed by atoms with Crippen molar-refractivity contribution in [2.45, 2.75) is 6.92 Å². The number of amides is 1. The molecule has 0 radical (unpaired) electrons. The van der Waals surface area contributed by atoms with E-state index in [0.717, 1.165) is 10.0 Å². The lowest BCUT2D eigenvalue weighted by Gasteiger charge is -2.08. The van der Waals surface area contributed by atoms with Crippen molar-refractivity contribution in [1.29, 1.82) is 0 Å². The normalized spacial score (nSPS) is 10.4. The summed E-state index contributed by atoms with van der Waals surface area (Å²) < 4.78 is 2.28. The number of rotatable bonds is 2. The second kappa shape index (κ2) is 4.81. The van der Waals surface area contributed by atoms with Crippen molar-refractivity contribution in [3.63, 3.8) is 0 Å². The maximum atomic E-state index is 12.0. The highest BCUT2D eigenvalue weighted by Crippen LogP contribution is 2.24. The number of halogens is 1. The van der Waals surface area contributed by atoms with Gasteiger partial charge in [0.05, 0.1) is 11.9 Å². The van der Waals surface area contributed by atoms with Crippen LogP contribution in [0.3, 0.4) is 0 Å². The van der Waals surface area contributed by atoms with Gasteiger partial charge in [0.25, 0.3) is 5.91 Å². The molecule has 1 amide bonds. The van der Waals surface area contributed by atoms with Crippen molar-refractivity contribution >= 4 is 33.3 Å². The van der Waals surface area contributed by atoms with Crippen LogP contribution in [0, 0.1) is 6.92 Å². The smallest absolute Gasteiger partial charge is 0.261 e. The van der Waals surface area contributed by atoms with Gasteiger partial charge < -0.3 is 11.1 Å². The van der Waals surface area contributed by atoms with Gasteiger partial charge in [-0.25, -0.2) is 0 Å². The van der Waals surface area contributed by atoms with Gasteiger partial charge in [0.15, 0.2) is 0 Å². The molecule has 0 aliphatic rings. The van der Waals surface area contributed by atoms with Gasteiger partial charge in [-0.1, -0.05) is 6.07 Å². The molecule has 6 heteroatoms. The number of hydrogen-bond acceptors (Lipinski definition) is 3. The van der Waals surface area contributed by atoms with Crippen LogP contribution in [-0.4, -0.2) is 15.7 Å². The number of aromatic nitrogens is 2. The Balaban J connectivity index is 2.27. The maximum Gasteiger partial charge on any atom is 0.261 e. The van der Waals surface area contributed by atoms with E-state index >= 15 is 0 Å². The number of nitrogens with two attached hydrogens (primary N) is 1. The average molecular weight is 309 g/mol. The Kier molecular flexibility index (Phi) is 3.38. The minimum atomic E-state index is -0.271. The third kappa shape index (κ3) is 2.38. The highest BCUT2D eigenvalue weighted by molar-refractivity contribution is 9.10. The number of carbonyl (C=O) groups is 1. The third-order valence-electron chi connectivity index (χ3n) is 2.60. The summed E-state index contributed by atoms with van der Waals surface area (Å²) in [7, 11) is 1.69. The first-order chi connectivity index (χ1) is 8.49. The van der Waals surface area contributed by atoms with Crippen molar-refractivity contribution in [2.75, 3.05) is 11.1 Å². The number of hydrogen-bond donors (Lipinski definition) is 2.